The lowest BCUT2D eigenvalue weighted by molar-refractivity contribution is -0.122. The Morgan fingerprint density at radius 1 is 1.04 bits per heavy atom. The summed E-state index contributed by atoms with van der Waals surface area (Å²) in [6.45, 7) is -0.121. The average Bonchev–Trinajstić information content (AvgIpc) is 2.86. The number of aryl methyl sites for hydroxylation is 2. The predicted molar refractivity (Wildman–Crippen MR) is 101 cm³/mol. The monoisotopic (exact) mass is 357 g/mol. The summed E-state index contributed by atoms with van der Waals surface area (Å²) >= 11 is 0. The molecule has 0 saturated heterocycles. The molecule has 140 valence electrons. The first-order valence-electron chi connectivity index (χ1n) is 8.95. The maximum absolute atomic E-state index is 9.70. The van der Waals surface area contributed by atoms with Gasteiger partial charge in [-0.3, -0.25) is 4.79 Å². The third-order valence-electron chi connectivity index (χ3n) is 4.75. The van der Waals surface area contributed by atoms with E-state index < -0.39 is 0 Å². The van der Waals surface area contributed by atoms with Crippen LogP contribution in [0.4, 0.5) is 0 Å². The summed E-state index contributed by atoms with van der Waals surface area (Å²) in [5.41, 5.74) is 4.07. The van der Waals surface area contributed by atoms with Gasteiger partial charge in [0.25, 0.3) is 6.47 Å². The lowest BCUT2D eigenvalue weighted by Gasteiger charge is -2.23. The Hall–Kier alpha value is -2.37. The van der Waals surface area contributed by atoms with E-state index >= 15 is 0 Å². The lowest BCUT2D eigenvalue weighted by atomic mass is 10.0. The summed E-state index contributed by atoms with van der Waals surface area (Å²) in [6.07, 6.45) is 5.21. The van der Waals surface area contributed by atoms with Crippen LogP contribution in [0.1, 0.15) is 29.5 Å². The van der Waals surface area contributed by atoms with E-state index in [9.17, 15) is 10.2 Å². The molecule has 0 saturated carbocycles. The number of carbonyl (C=O) groups is 1. The molecule has 1 atom stereocenters. The van der Waals surface area contributed by atoms with Gasteiger partial charge < -0.3 is 20.6 Å². The molecule has 0 spiro atoms. The van der Waals surface area contributed by atoms with Gasteiger partial charge in [-0.1, -0.05) is 36.4 Å². The van der Waals surface area contributed by atoms with Gasteiger partial charge in [-0.25, -0.2) is 0 Å². The summed E-state index contributed by atoms with van der Waals surface area (Å²) in [6, 6.07) is 16.4. The number of fused-ring (bicyclic) bond motifs is 1. The van der Waals surface area contributed by atoms with Crippen LogP contribution in [0.2, 0.25) is 0 Å². The van der Waals surface area contributed by atoms with Crippen molar-refractivity contribution in [1.82, 2.24) is 5.32 Å². The highest BCUT2D eigenvalue weighted by Crippen LogP contribution is 2.21. The van der Waals surface area contributed by atoms with Crippen LogP contribution in [0, 0.1) is 0 Å². The first kappa shape index (κ1) is 19.9. The zero-order valence-corrected chi connectivity index (χ0v) is 14.8. The number of phenols is 1. The van der Waals surface area contributed by atoms with Crippen LogP contribution in [0.25, 0.3) is 0 Å². The summed E-state index contributed by atoms with van der Waals surface area (Å²) in [7, 11) is 0. The van der Waals surface area contributed by atoms with E-state index in [1.54, 1.807) is 12.1 Å². The van der Waals surface area contributed by atoms with E-state index in [1.807, 2.05) is 12.1 Å². The van der Waals surface area contributed by atoms with Crippen LogP contribution < -0.4 is 5.32 Å². The van der Waals surface area contributed by atoms with Crippen molar-refractivity contribution in [2.45, 2.75) is 44.2 Å². The Kier molecular flexibility index (Phi) is 8.12. The van der Waals surface area contributed by atoms with Gasteiger partial charge in [0.1, 0.15) is 5.75 Å². The Balaban J connectivity index is 0.000000758. The van der Waals surface area contributed by atoms with Crippen LogP contribution in [0.5, 0.6) is 5.75 Å². The third kappa shape index (κ3) is 6.17. The Morgan fingerprint density at radius 2 is 1.58 bits per heavy atom. The van der Waals surface area contributed by atoms with E-state index in [-0.39, 0.29) is 24.9 Å². The molecular weight excluding hydrogens is 330 g/mol. The summed E-state index contributed by atoms with van der Waals surface area (Å²) in [4.78, 5) is 8.36. The number of nitrogens with one attached hydrogen (secondary N) is 1. The fourth-order valence-electron chi connectivity index (χ4n) is 3.44. The fourth-order valence-corrected chi connectivity index (χ4v) is 3.44. The van der Waals surface area contributed by atoms with Crippen molar-refractivity contribution >= 4 is 6.47 Å². The normalized spacial score (nSPS) is 15.1. The molecular formula is C21H27NO4. The molecule has 0 aromatic heterocycles. The molecule has 2 aromatic carbocycles. The average molecular weight is 357 g/mol. The molecule has 0 aliphatic heterocycles. The molecule has 0 bridgehead atoms. The van der Waals surface area contributed by atoms with Crippen molar-refractivity contribution in [3.63, 3.8) is 0 Å². The van der Waals surface area contributed by atoms with Crippen molar-refractivity contribution in [3.8, 4) is 5.75 Å². The molecule has 0 amide bonds. The maximum atomic E-state index is 9.70. The second kappa shape index (κ2) is 10.6. The van der Waals surface area contributed by atoms with Gasteiger partial charge in [-0.15, -0.1) is 0 Å². The van der Waals surface area contributed by atoms with Gasteiger partial charge in [0.15, 0.2) is 0 Å². The number of aliphatic hydroxyl groups excluding tert-OH is 1. The number of aromatic hydroxyl groups is 1. The number of rotatable bonds is 5. The highest BCUT2D eigenvalue weighted by atomic mass is 16.3. The van der Waals surface area contributed by atoms with Crippen LogP contribution in [-0.2, 0) is 24.1 Å². The Morgan fingerprint density at radius 3 is 2.08 bits per heavy atom. The quantitative estimate of drug-likeness (QED) is 0.488. The van der Waals surface area contributed by atoms with E-state index in [1.165, 1.54) is 11.1 Å². The summed E-state index contributed by atoms with van der Waals surface area (Å²) < 4.78 is 0. The van der Waals surface area contributed by atoms with E-state index in [2.05, 4.69) is 29.6 Å². The molecule has 5 nitrogen and oxygen atoms in total. The van der Waals surface area contributed by atoms with E-state index in [0.717, 1.165) is 37.7 Å². The first-order chi connectivity index (χ1) is 12.7. The molecule has 0 unspecified atom stereocenters. The number of phenolic OH excluding ortho intramolecular Hbond substituents is 1. The highest BCUT2D eigenvalue weighted by molar-refractivity contribution is 5.32. The molecule has 4 N–H and O–H groups in total. The molecule has 0 fully saturated rings. The number of benzene rings is 2. The van der Waals surface area contributed by atoms with Crippen molar-refractivity contribution in [1.29, 1.82) is 0 Å². The van der Waals surface area contributed by atoms with Crippen molar-refractivity contribution in [2.24, 2.45) is 0 Å². The highest BCUT2D eigenvalue weighted by Gasteiger charge is 2.19. The molecule has 3 rings (SSSR count). The van der Waals surface area contributed by atoms with Gasteiger partial charge in [-0.2, -0.15) is 0 Å². The number of aliphatic hydroxyl groups is 1. The lowest BCUT2D eigenvalue weighted by Crippen LogP contribution is -2.42. The van der Waals surface area contributed by atoms with Gasteiger partial charge >= 0.3 is 0 Å². The molecule has 1 aliphatic carbocycles. The van der Waals surface area contributed by atoms with Crippen LogP contribution in [0.15, 0.2) is 48.5 Å². The number of hydrogen-bond acceptors (Lipinski definition) is 4. The minimum Gasteiger partial charge on any atom is -0.508 e. The third-order valence-corrected chi connectivity index (χ3v) is 4.75. The molecule has 0 radical (unpaired) electrons. The number of hydrogen-bond donors (Lipinski definition) is 4. The second-order valence-corrected chi connectivity index (χ2v) is 6.57. The van der Waals surface area contributed by atoms with Crippen molar-refractivity contribution in [2.75, 3.05) is 6.61 Å². The zero-order chi connectivity index (χ0) is 18.8. The maximum Gasteiger partial charge on any atom is 0.290 e. The SMILES string of the molecule is O=CO.OC[C@@H](Cc1ccc(O)cc1)NC1CCc2ccccc2CC1. The molecule has 0 heterocycles. The van der Waals surface area contributed by atoms with Crippen LogP contribution >= 0.6 is 0 Å². The van der Waals surface area contributed by atoms with Gasteiger partial charge in [0.2, 0.25) is 0 Å². The standard InChI is InChI=1S/C20H25NO2.CH2O2/c22-14-19(13-15-5-11-20(23)12-6-15)21-18-9-7-16-3-1-2-4-17(16)8-10-18;2-1-3/h1-6,11-12,18-19,21-23H,7-10,13-14H2;1H,(H,2,3)/t19-;/m1./s1. The number of carboxylic acid groups (broad SMARTS) is 1. The topological polar surface area (TPSA) is 89.8 Å². The van der Waals surface area contributed by atoms with Crippen molar-refractivity contribution in [3.05, 3.63) is 65.2 Å². The fraction of sp³-hybridized carbons (Fsp3) is 0.381. The predicted octanol–water partition coefficient (Wildman–Crippen LogP) is 2.53. The van der Waals surface area contributed by atoms with Gasteiger partial charge in [0, 0.05) is 12.1 Å². The van der Waals surface area contributed by atoms with Gasteiger partial charge in [-0.05, 0) is 60.9 Å². The molecule has 1 aliphatic rings. The molecule has 26 heavy (non-hydrogen) atoms. The Bertz CT molecular complexity index is 645. The first-order valence-corrected chi connectivity index (χ1v) is 8.95. The van der Waals surface area contributed by atoms with Crippen LogP contribution in [-0.4, -0.2) is 40.5 Å². The minimum absolute atomic E-state index is 0.0609. The largest absolute Gasteiger partial charge is 0.508 e. The zero-order valence-electron chi connectivity index (χ0n) is 14.8. The van der Waals surface area contributed by atoms with E-state index in [0.29, 0.717) is 6.04 Å². The van der Waals surface area contributed by atoms with Crippen molar-refractivity contribution < 1.29 is 20.1 Å². The van der Waals surface area contributed by atoms with Crippen LogP contribution in [0.3, 0.4) is 0 Å². The minimum atomic E-state index is -0.250. The second-order valence-electron chi connectivity index (χ2n) is 6.57. The smallest absolute Gasteiger partial charge is 0.290 e. The Labute approximate surface area is 154 Å². The molecule has 5 heteroatoms. The van der Waals surface area contributed by atoms with E-state index in [4.69, 9.17) is 9.90 Å². The summed E-state index contributed by atoms with van der Waals surface area (Å²) in [5, 5.41) is 29.6. The van der Waals surface area contributed by atoms with Gasteiger partial charge in [0.05, 0.1) is 6.61 Å². The summed E-state index contributed by atoms with van der Waals surface area (Å²) in [5.74, 6) is 0.281. The molecule has 2 aromatic rings.